The van der Waals surface area contributed by atoms with E-state index in [0.717, 1.165) is 5.56 Å². The molecule has 0 atom stereocenters. The van der Waals surface area contributed by atoms with E-state index in [-0.39, 0.29) is 16.2 Å². The Labute approximate surface area is 194 Å². The first-order valence-corrected chi connectivity index (χ1v) is 12.2. The first-order chi connectivity index (χ1) is 15.0. The molecule has 7 heteroatoms. The lowest BCUT2D eigenvalue weighted by Gasteiger charge is -2.19. The third-order valence-electron chi connectivity index (χ3n) is 4.99. The first-order valence-electron chi connectivity index (χ1n) is 10.3. The largest absolute Gasteiger partial charge is 0.326 e. The molecule has 0 saturated heterocycles. The predicted octanol–water partition coefficient (Wildman–Crippen LogP) is 6.01. The summed E-state index contributed by atoms with van der Waals surface area (Å²) in [4.78, 5) is 12.4. The van der Waals surface area contributed by atoms with Crippen molar-refractivity contribution in [1.82, 2.24) is 0 Å². The molecule has 5 nitrogen and oxygen atoms in total. The zero-order chi connectivity index (χ0) is 23.4. The van der Waals surface area contributed by atoms with Crippen molar-refractivity contribution in [3.63, 3.8) is 0 Å². The number of benzene rings is 3. The first kappa shape index (κ1) is 23.8. The average molecular weight is 471 g/mol. The van der Waals surface area contributed by atoms with Crippen LogP contribution in [-0.4, -0.2) is 14.3 Å². The van der Waals surface area contributed by atoms with Crippen LogP contribution >= 0.6 is 11.6 Å². The molecule has 0 unspecified atom stereocenters. The summed E-state index contributed by atoms with van der Waals surface area (Å²) >= 11 is 5.90. The van der Waals surface area contributed by atoms with E-state index < -0.39 is 10.0 Å². The summed E-state index contributed by atoms with van der Waals surface area (Å²) in [7, 11) is -3.76. The molecule has 1 amide bonds. The SMILES string of the molecule is CC(C)(C)c1ccc(CCC(=O)Nc2ccc(S(=O)(=O)Nc3cccc(Cl)c3)cc2)cc1. The molecular weight excluding hydrogens is 444 g/mol. The number of aryl methyl sites for hydroxylation is 1. The number of sulfonamides is 1. The highest BCUT2D eigenvalue weighted by Gasteiger charge is 2.15. The van der Waals surface area contributed by atoms with E-state index >= 15 is 0 Å². The van der Waals surface area contributed by atoms with Gasteiger partial charge >= 0.3 is 0 Å². The van der Waals surface area contributed by atoms with Crippen LogP contribution in [0.4, 0.5) is 11.4 Å². The molecule has 0 aromatic heterocycles. The van der Waals surface area contributed by atoms with E-state index in [2.05, 4.69) is 55.1 Å². The van der Waals surface area contributed by atoms with Gasteiger partial charge in [0, 0.05) is 17.1 Å². The summed E-state index contributed by atoms with van der Waals surface area (Å²) in [6.45, 7) is 6.50. The van der Waals surface area contributed by atoms with Crippen LogP contribution in [0.2, 0.25) is 5.02 Å². The second-order valence-corrected chi connectivity index (χ2v) is 10.8. The second kappa shape index (κ2) is 9.76. The molecule has 168 valence electrons. The number of amides is 1. The van der Waals surface area contributed by atoms with Crippen molar-refractivity contribution in [2.75, 3.05) is 10.0 Å². The average Bonchev–Trinajstić information content (AvgIpc) is 2.72. The van der Waals surface area contributed by atoms with Gasteiger partial charge in [-0.25, -0.2) is 8.42 Å². The van der Waals surface area contributed by atoms with Crippen LogP contribution in [0.1, 0.15) is 38.3 Å². The summed E-state index contributed by atoms with van der Waals surface area (Å²) < 4.78 is 27.6. The summed E-state index contributed by atoms with van der Waals surface area (Å²) in [5, 5.41) is 3.25. The van der Waals surface area contributed by atoms with Crippen LogP contribution in [0.25, 0.3) is 0 Å². The maximum absolute atomic E-state index is 12.6. The molecule has 3 aromatic rings. The van der Waals surface area contributed by atoms with Gasteiger partial charge in [0.15, 0.2) is 0 Å². The van der Waals surface area contributed by atoms with E-state index in [1.54, 1.807) is 30.3 Å². The Morgan fingerprint density at radius 3 is 2.16 bits per heavy atom. The summed E-state index contributed by atoms with van der Waals surface area (Å²) in [5.41, 5.74) is 3.37. The van der Waals surface area contributed by atoms with Crippen LogP contribution < -0.4 is 10.0 Å². The lowest BCUT2D eigenvalue weighted by molar-refractivity contribution is -0.116. The van der Waals surface area contributed by atoms with Crippen molar-refractivity contribution in [3.8, 4) is 0 Å². The molecule has 0 radical (unpaired) electrons. The Balaban J connectivity index is 1.56. The molecular formula is C25H27ClN2O3S. The van der Waals surface area contributed by atoms with Gasteiger partial charge in [-0.3, -0.25) is 9.52 Å². The third-order valence-corrected chi connectivity index (χ3v) is 6.62. The quantitative estimate of drug-likeness (QED) is 0.444. The van der Waals surface area contributed by atoms with Crippen LogP contribution in [0.5, 0.6) is 0 Å². The molecule has 0 heterocycles. The number of nitrogens with one attached hydrogen (secondary N) is 2. The van der Waals surface area contributed by atoms with Crippen molar-refractivity contribution in [3.05, 3.63) is 88.9 Å². The number of carbonyl (C=O) groups excluding carboxylic acids is 1. The van der Waals surface area contributed by atoms with Gasteiger partial charge in [0.2, 0.25) is 5.91 Å². The van der Waals surface area contributed by atoms with Crippen LogP contribution in [0.15, 0.2) is 77.7 Å². The Morgan fingerprint density at radius 1 is 0.906 bits per heavy atom. The van der Waals surface area contributed by atoms with Crippen LogP contribution in [0, 0.1) is 0 Å². The minimum atomic E-state index is -3.76. The molecule has 0 aliphatic carbocycles. The van der Waals surface area contributed by atoms with Crippen LogP contribution in [0.3, 0.4) is 0 Å². The minimum Gasteiger partial charge on any atom is -0.326 e. The molecule has 3 rings (SSSR count). The van der Waals surface area contributed by atoms with Gasteiger partial charge in [0.1, 0.15) is 0 Å². The number of hydrogen-bond donors (Lipinski definition) is 2. The Hall–Kier alpha value is -2.83. The standard InChI is InChI=1S/C25H27ClN2O3S/c1-25(2,3)19-10-7-18(8-11-19)9-16-24(29)27-21-12-14-23(15-13-21)32(30,31)28-22-6-4-5-20(26)17-22/h4-8,10-15,17,28H,9,16H2,1-3H3,(H,27,29). The maximum atomic E-state index is 12.6. The zero-order valence-corrected chi connectivity index (χ0v) is 19.9. The van der Waals surface area contributed by atoms with Crippen molar-refractivity contribution in [2.45, 2.75) is 43.9 Å². The minimum absolute atomic E-state index is 0.0920. The van der Waals surface area contributed by atoms with E-state index in [4.69, 9.17) is 11.6 Å². The van der Waals surface area contributed by atoms with Gasteiger partial charge in [-0.15, -0.1) is 0 Å². The lowest BCUT2D eigenvalue weighted by Crippen LogP contribution is -2.14. The van der Waals surface area contributed by atoms with E-state index in [1.165, 1.54) is 23.8 Å². The number of halogens is 1. The second-order valence-electron chi connectivity index (χ2n) is 8.64. The Kier molecular flexibility index (Phi) is 7.26. The molecule has 0 saturated carbocycles. The van der Waals surface area contributed by atoms with E-state index in [9.17, 15) is 13.2 Å². The van der Waals surface area contributed by atoms with E-state index in [1.807, 2.05) is 0 Å². The van der Waals surface area contributed by atoms with Gasteiger partial charge in [0.05, 0.1) is 10.6 Å². The van der Waals surface area contributed by atoms with Crippen LogP contribution in [-0.2, 0) is 26.7 Å². The maximum Gasteiger partial charge on any atom is 0.261 e. The summed E-state index contributed by atoms with van der Waals surface area (Å²) in [6, 6.07) is 20.8. The topological polar surface area (TPSA) is 75.3 Å². The van der Waals surface area contributed by atoms with Crippen molar-refractivity contribution >= 4 is 38.9 Å². The molecule has 0 aliphatic rings. The molecule has 0 fully saturated rings. The van der Waals surface area contributed by atoms with Gasteiger partial charge in [0.25, 0.3) is 10.0 Å². The van der Waals surface area contributed by atoms with Gasteiger partial charge in [-0.2, -0.15) is 0 Å². The Morgan fingerprint density at radius 2 is 1.56 bits per heavy atom. The number of carbonyl (C=O) groups is 1. The highest BCUT2D eigenvalue weighted by Crippen LogP contribution is 2.23. The molecule has 0 bridgehead atoms. The summed E-state index contributed by atoms with van der Waals surface area (Å²) in [5.74, 6) is -0.127. The predicted molar refractivity (Wildman–Crippen MR) is 131 cm³/mol. The highest BCUT2D eigenvalue weighted by molar-refractivity contribution is 7.92. The van der Waals surface area contributed by atoms with Gasteiger partial charge in [-0.1, -0.05) is 62.7 Å². The highest BCUT2D eigenvalue weighted by atomic mass is 35.5. The van der Waals surface area contributed by atoms with Gasteiger partial charge < -0.3 is 5.32 Å². The smallest absolute Gasteiger partial charge is 0.261 e. The van der Waals surface area contributed by atoms with Crippen molar-refractivity contribution in [2.24, 2.45) is 0 Å². The number of rotatable bonds is 7. The fourth-order valence-corrected chi connectivity index (χ4v) is 4.38. The number of anilines is 2. The monoisotopic (exact) mass is 470 g/mol. The molecule has 32 heavy (non-hydrogen) atoms. The van der Waals surface area contributed by atoms with Gasteiger partial charge in [-0.05, 0) is 65.4 Å². The van der Waals surface area contributed by atoms with Crippen molar-refractivity contribution < 1.29 is 13.2 Å². The molecule has 3 aromatic carbocycles. The molecule has 0 aliphatic heterocycles. The third kappa shape index (κ3) is 6.58. The van der Waals surface area contributed by atoms with E-state index in [0.29, 0.717) is 29.2 Å². The summed E-state index contributed by atoms with van der Waals surface area (Å²) in [6.07, 6.45) is 0.970. The Bertz CT molecular complexity index is 1180. The fraction of sp³-hybridized carbons (Fsp3) is 0.240. The normalized spacial score (nSPS) is 11.8. The number of hydrogen-bond acceptors (Lipinski definition) is 3. The molecule has 2 N–H and O–H groups in total. The lowest BCUT2D eigenvalue weighted by atomic mass is 9.86. The molecule has 0 spiro atoms. The zero-order valence-electron chi connectivity index (χ0n) is 18.4. The fourth-order valence-electron chi connectivity index (χ4n) is 3.14. The van der Waals surface area contributed by atoms with Crippen molar-refractivity contribution in [1.29, 1.82) is 0 Å².